The Morgan fingerprint density at radius 3 is 1.25 bits per heavy atom. The molecule has 0 fully saturated rings. The van der Waals surface area contributed by atoms with Gasteiger partial charge >= 0.3 is 0 Å². The molecule has 18 heteroatoms. The highest BCUT2D eigenvalue weighted by atomic mass is 35.5. The van der Waals surface area contributed by atoms with Crippen molar-refractivity contribution in [2.75, 3.05) is 21.3 Å². The van der Waals surface area contributed by atoms with Crippen LogP contribution in [0.5, 0.6) is 0 Å². The first kappa shape index (κ1) is 48.7. The number of halogens is 4. The summed E-state index contributed by atoms with van der Waals surface area (Å²) in [6, 6.07) is 23.0. The Morgan fingerprint density at radius 2 is 0.906 bits per heavy atom. The van der Waals surface area contributed by atoms with Crippen LogP contribution in [0.4, 0.5) is 34.1 Å². The predicted molar refractivity (Wildman–Crippen MR) is 251 cm³/mol. The molecule has 0 saturated heterocycles. The van der Waals surface area contributed by atoms with Crippen molar-refractivity contribution < 1.29 is 28.8 Å². The van der Waals surface area contributed by atoms with E-state index in [4.69, 9.17) is 46.4 Å². The average Bonchev–Trinajstić information content (AvgIpc) is 3.27. The predicted octanol–water partition coefficient (Wildman–Crippen LogP) is 11.5. The molecule has 0 aromatic heterocycles. The number of amides is 4. The number of hydrogen-bond acceptors (Lipinski definition) is 10. The van der Waals surface area contributed by atoms with Gasteiger partial charge in [0.25, 0.3) is 23.6 Å². The molecule has 0 aliphatic heterocycles. The van der Waals surface area contributed by atoms with Crippen LogP contribution in [0.15, 0.2) is 118 Å². The summed E-state index contributed by atoms with van der Waals surface area (Å²) in [5.41, 5.74) is 4.91. The molecule has 0 radical (unpaired) electrons. The van der Waals surface area contributed by atoms with E-state index in [0.717, 1.165) is 11.1 Å². The van der Waals surface area contributed by atoms with E-state index >= 15 is 0 Å². The fourth-order valence-electron chi connectivity index (χ4n) is 6.42. The largest absolute Gasteiger partial charge is 0.323 e. The number of azo groups is 2. The van der Waals surface area contributed by atoms with Crippen molar-refractivity contribution in [1.29, 1.82) is 0 Å². The van der Waals surface area contributed by atoms with Gasteiger partial charge in [0.2, 0.25) is 12.1 Å². The van der Waals surface area contributed by atoms with Gasteiger partial charge < -0.3 is 21.3 Å². The van der Waals surface area contributed by atoms with Crippen LogP contribution in [0, 0.1) is 0 Å². The summed E-state index contributed by atoms with van der Waals surface area (Å²) < 4.78 is 0. The number of carbonyl (C=O) groups excluding carboxylic acids is 6. The lowest BCUT2D eigenvalue weighted by Crippen LogP contribution is -2.33. The summed E-state index contributed by atoms with van der Waals surface area (Å²) >= 11 is 25.0. The van der Waals surface area contributed by atoms with Crippen LogP contribution in [-0.4, -0.2) is 47.3 Å². The summed E-state index contributed by atoms with van der Waals surface area (Å²) in [7, 11) is 0. The van der Waals surface area contributed by atoms with Gasteiger partial charge in [-0.05, 0) is 110 Å². The van der Waals surface area contributed by atoms with E-state index in [2.05, 4.69) is 41.7 Å². The zero-order valence-electron chi connectivity index (χ0n) is 35.0. The zero-order valence-corrected chi connectivity index (χ0v) is 38.0. The van der Waals surface area contributed by atoms with Crippen LogP contribution in [0.25, 0.3) is 0 Å². The Hall–Kier alpha value is -6.32. The van der Waals surface area contributed by atoms with Gasteiger partial charge in [-0.3, -0.25) is 28.8 Å². The molecule has 0 bridgehead atoms. The van der Waals surface area contributed by atoms with Crippen LogP contribution < -0.4 is 21.3 Å². The molecule has 5 aromatic carbocycles. The third kappa shape index (κ3) is 12.2. The van der Waals surface area contributed by atoms with E-state index in [0.29, 0.717) is 46.7 Å². The fourth-order valence-corrected chi connectivity index (χ4v) is 7.25. The van der Waals surface area contributed by atoms with Crippen LogP contribution in [-0.2, 0) is 43.8 Å². The monoisotopic (exact) mass is 942 g/mol. The van der Waals surface area contributed by atoms with Crippen molar-refractivity contribution in [2.24, 2.45) is 20.5 Å². The highest BCUT2D eigenvalue weighted by Crippen LogP contribution is 2.33. The smallest absolute Gasteiger partial charge is 0.258 e. The Balaban J connectivity index is 1.31. The van der Waals surface area contributed by atoms with Crippen LogP contribution in [0.3, 0.4) is 0 Å². The molecule has 330 valence electrons. The minimum atomic E-state index is -1.58. The molecule has 0 heterocycles. The first-order chi connectivity index (χ1) is 30.7. The molecular formula is C46H42Cl4N8O6. The minimum Gasteiger partial charge on any atom is -0.323 e. The molecule has 5 aromatic rings. The second-order valence-corrected chi connectivity index (χ2v) is 15.4. The standard InChI is InChI=1S/C46H42Cl4N8O6/c1-5-31-32(6-2)36(54-46(64)42(26(4)60)58-56-38-18-10-16-34(40(38)50)44(62)52-30-14-8-12-28(22-30)24-48)20-19-35(31)53-45(63)41(25(3)59)57-55-37-17-9-15-33(39(37)49)43(61)51-29-13-7-11-27(21-29)23-47/h7-22,41-42H,5-6,23-24H2,1-4H3,(H,51,61)(H,52,62)(H,53,63)(H,54,64). The fraction of sp³-hybridized carbons (Fsp3) is 0.217. The second-order valence-electron chi connectivity index (χ2n) is 14.1. The highest BCUT2D eigenvalue weighted by Gasteiger charge is 2.28. The van der Waals surface area contributed by atoms with E-state index < -0.39 is 47.3 Å². The molecule has 4 N–H and O–H groups in total. The van der Waals surface area contributed by atoms with Crippen molar-refractivity contribution in [3.05, 3.63) is 140 Å². The second kappa shape index (κ2) is 22.9. The molecule has 0 aliphatic carbocycles. The highest BCUT2D eigenvalue weighted by molar-refractivity contribution is 6.37. The Bertz CT molecular complexity index is 2490. The minimum absolute atomic E-state index is 0.0458. The van der Waals surface area contributed by atoms with Crippen molar-refractivity contribution in [2.45, 2.75) is 64.4 Å². The third-order valence-electron chi connectivity index (χ3n) is 9.61. The van der Waals surface area contributed by atoms with Gasteiger partial charge in [0, 0.05) is 34.5 Å². The topological polar surface area (TPSA) is 200 Å². The molecule has 5 rings (SSSR count). The van der Waals surface area contributed by atoms with E-state index in [1.54, 1.807) is 48.5 Å². The lowest BCUT2D eigenvalue weighted by atomic mass is 9.98. The Kier molecular flexibility index (Phi) is 17.4. The summed E-state index contributed by atoms with van der Waals surface area (Å²) in [5, 5.41) is 27.2. The molecule has 64 heavy (non-hydrogen) atoms. The molecule has 0 aliphatic rings. The average molecular weight is 945 g/mol. The molecule has 0 spiro atoms. The Morgan fingerprint density at radius 1 is 0.531 bits per heavy atom. The SMILES string of the molecule is CCc1c(NC(=O)C(N=Nc2cccc(C(=O)Nc3cccc(CCl)c3)c2Cl)C(C)=O)ccc(NC(=O)C(N=Nc2cccc(C(=O)Nc3cccc(CCl)c3)c2Cl)C(C)=O)c1CC. The summed E-state index contributed by atoms with van der Waals surface area (Å²) in [5.74, 6) is -3.31. The molecular weight excluding hydrogens is 902 g/mol. The number of rotatable bonds is 18. The van der Waals surface area contributed by atoms with E-state index in [9.17, 15) is 28.8 Å². The molecule has 2 unspecified atom stereocenters. The van der Waals surface area contributed by atoms with Gasteiger partial charge in [-0.1, -0.05) is 73.4 Å². The lowest BCUT2D eigenvalue weighted by Gasteiger charge is -2.20. The lowest BCUT2D eigenvalue weighted by molar-refractivity contribution is -0.127. The molecule has 0 saturated carbocycles. The van der Waals surface area contributed by atoms with Gasteiger partial charge in [0.1, 0.15) is 11.4 Å². The number of carbonyl (C=O) groups is 6. The number of hydrogen-bond donors (Lipinski definition) is 4. The molecule has 4 amide bonds. The van der Waals surface area contributed by atoms with Crippen molar-refractivity contribution in [3.8, 4) is 0 Å². The van der Waals surface area contributed by atoms with Crippen LogP contribution >= 0.6 is 46.4 Å². The number of nitrogens with zero attached hydrogens (tertiary/aromatic N) is 4. The molecule has 2 atom stereocenters. The maximum absolute atomic E-state index is 13.6. The normalized spacial score (nSPS) is 12.1. The summed E-state index contributed by atoms with van der Waals surface area (Å²) in [6.07, 6.45) is 0.789. The van der Waals surface area contributed by atoms with E-state index in [1.807, 2.05) is 26.0 Å². The van der Waals surface area contributed by atoms with Gasteiger partial charge in [-0.2, -0.15) is 20.5 Å². The Labute approximate surface area is 389 Å². The van der Waals surface area contributed by atoms with Crippen LogP contribution in [0.2, 0.25) is 10.0 Å². The van der Waals surface area contributed by atoms with Gasteiger partial charge in [-0.25, -0.2) is 0 Å². The number of alkyl halides is 2. The first-order valence-corrected chi connectivity index (χ1v) is 21.6. The number of anilines is 4. The maximum atomic E-state index is 13.6. The van der Waals surface area contributed by atoms with E-state index in [-0.39, 0.29) is 44.3 Å². The van der Waals surface area contributed by atoms with Gasteiger partial charge in [0.15, 0.2) is 11.6 Å². The number of Topliss-reactive ketones (excluding diaryl/α,β-unsaturated/α-hetero) is 2. The third-order valence-corrected chi connectivity index (χ3v) is 11.0. The van der Waals surface area contributed by atoms with Crippen LogP contribution in [0.1, 0.15) is 70.7 Å². The maximum Gasteiger partial charge on any atom is 0.258 e. The quantitative estimate of drug-likeness (QED) is 0.0382. The van der Waals surface area contributed by atoms with Crippen molar-refractivity contribution in [1.82, 2.24) is 0 Å². The zero-order chi connectivity index (χ0) is 46.5. The molecule has 14 nitrogen and oxygen atoms in total. The number of benzene rings is 5. The van der Waals surface area contributed by atoms with Crippen molar-refractivity contribution in [3.63, 3.8) is 0 Å². The number of nitrogens with one attached hydrogen (secondary N) is 4. The summed E-state index contributed by atoms with van der Waals surface area (Å²) in [6.45, 7) is 6.07. The van der Waals surface area contributed by atoms with Gasteiger partial charge in [0.05, 0.1) is 21.2 Å². The van der Waals surface area contributed by atoms with E-state index in [1.165, 1.54) is 50.2 Å². The van der Waals surface area contributed by atoms with Crippen molar-refractivity contribution >= 4 is 116 Å². The first-order valence-electron chi connectivity index (χ1n) is 19.8. The number of ketones is 2. The van der Waals surface area contributed by atoms with Gasteiger partial charge in [-0.15, -0.1) is 23.2 Å². The summed E-state index contributed by atoms with van der Waals surface area (Å²) in [4.78, 5) is 78.9.